The Kier molecular flexibility index (Phi) is 1.88. The molecule has 0 aliphatic carbocycles. The van der Waals surface area contributed by atoms with E-state index in [-0.39, 0.29) is 18.3 Å². The van der Waals surface area contributed by atoms with Gasteiger partial charge in [-0.3, -0.25) is 0 Å². The van der Waals surface area contributed by atoms with E-state index < -0.39 is 0 Å². The van der Waals surface area contributed by atoms with Gasteiger partial charge in [-0.1, -0.05) is 6.08 Å². The summed E-state index contributed by atoms with van der Waals surface area (Å²) in [5.74, 6) is 0. The number of hydrogen-bond acceptors (Lipinski definition) is 2. The molecule has 0 amide bonds. The predicted molar refractivity (Wildman–Crippen MR) is 35.2 cm³/mol. The van der Waals surface area contributed by atoms with Crippen molar-refractivity contribution >= 4 is 0 Å². The lowest BCUT2D eigenvalue weighted by molar-refractivity contribution is 0.0471. The van der Waals surface area contributed by atoms with Crippen molar-refractivity contribution in [2.45, 2.75) is 31.7 Å². The van der Waals surface area contributed by atoms with Gasteiger partial charge < -0.3 is 9.84 Å². The molecule has 0 unspecified atom stereocenters. The van der Waals surface area contributed by atoms with E-state index in [1.807, 2.05) is 6.92 Å². The van der Waals surface area contributed by atoms with Gasteiger partial charge in [-0.15, -0.1) is 6.58 Å². The van der Waals surface area contributed by atoms with Crippen molar-refractivity contribution in [2.24, 2.45) is 0 Å². The molecule has 9 heavy (non-hydrogen) atoms. The SMILES string of the molecule is C=C[C@@H]1O[C@@H](C)C[C@@H]1O. The molecule has 0 aromatic carbocycles. The molecule has 1 heterocycles. The van der Waals surface area contributed by atoms with Gasteiger partial charge in [0.15, 0.2) is 0 Å². The molecule has 0 spiro atoms. The fourth-order valence-electron chi connectivity index (χ4n) is 1.10. The van der Waals surface area contributed by atoms with Gasteiger partial charge in [0.25, 0.3) is 0 Å². The van der Waals surface area contributed by atoms with Gasteiger partial charge in [-0.05, 0) is 6.92 Å². The van der Waals surface area contributed by atoms with Crippen molar-refractivity contribution in [3.63, 3.8) is 0 Å². The van der Waals surface area contributed by atoms with Crippen LogP contribution in [0.5, 0.6) is 0 Å². The maximum absolute atomic E-state index is 9.16. The highest BCUT2D eigenvalue weighted by molar-refractivity contribution is 4.91. The Morgan fingerprint density at radius 3 is 2.67 bits per heavy atom. The summed E-state index contributed by atoms with van der Waals surface area (Å²) in [7, 11) is 0. The third kappa shape index (κ3) is 1.32. The van der Waals surface area contributed by atoms with E-state index >= 15 is 0 Å². The van der Waals surface area contributed by atoms with Crippen LogP contribution < -0.4 is 0 Å². The molecule has 0 aromatic heterocycles. The molecule has 52 valence electrons. The van der Waals surface area contributed by atoms with Gasteiger partial charge in [0.1, 0.15) is 6.10 Å². The fourth-order valence-corrected chi connectivity index (χ4v) is 1.10. The average molecular weight is 128 g/mol. The van der Waals surface area contributed by atoms with Crippen LogP contribution in [0, 0.1) is 0 Å². The highest BCUT2D eigenvalue weighted by atomic mass is 16.5. The van der Waals surface area contributed by atoms with E-state index in [0.29, 0.717) is 0 Å². The number of hydrogen-bond donors (Lipinski definition) is 1. The Hall–Kier alpha value is -0.340. The van der Waals surface area contributed by atoms with Crippen molar-refractivity contribution in [3.8, 4) is 0 Å². The molecule has 1 rings (SSSR count). The Bertz CT molecular complexity index is 111. The first-order chi connectivity index (χ1) is 4.24. The minimum Gasteiger partial charge on any atom is -0.390 e. The second-order valence-electron chi connectivity index (χ2n) is 2.45. The Balaban J connectivity index is 2.47. The van der Waals surface area contributed by atoms with Crippen molar-refractivity contribution in [2.75, 3.05) is 0 Å². The van der Waals surface area contributed by atoms with Crippen molar-refractivity contribution < 1.29 is 9.84 Å². The number of rotatable bonds is 1. The van der Waals surface area contributed by atoms with Crippen molar-refractivity contribution in [1.29, 1.82) is 0 Å². The lowest BCUT2D eigenvalue weighted by Crippen LogP contribution is -2.16. The maximum atomic E-state index is 9.16. The molecule has 0 saturated carbocycles. The lowest BCUT2D eigenvalue weighted by atomic mass is 10.1. The van der Waals surface area contributed by atoms with E-state index in [2.05, 4.69) is 6.58 Å². The second-order valence-corrected chi connectivity index (χ2v) is 2.45. The van der Waals surface area contributed by atoms with Crippen LogP contribution in [0.3, 0.4) is 0 Å². The molecule has 2 heteroatoms. The Labute approximate surface area is 55.1 Å². The van der Waals surface area contributed by atoms with Gasteiger partial charge >= 0.3 is 0 Å². The van der Waals surface area contributed by atoms with E-state index in [0.717, 1.165) is 6.42 Å². The van der Waals surface area contributed by atoms with Crippen molar-refractivity contribution in [1.82, 2.24) is 0 Å². The third-order valence-corrected chi connectivity index (χ3v) is 1.57. The molecule has 0 aromatic rings. The molecule has 2 nitrogen and oxygen atoms in total. The van der Waals surface area contributed by atoms with Crippen LogP contribution in [0.4, 0.5) is 0 Å². The summed E-state index contributed by atoms with van der Waals surface area (Å²) in [6.45, 7) is 5.49. The van der Waals surface area contributed by atoms with Gasteiger partial charge in [0.05, 0.1) is 12.2 Å². The molecule has 0 bridgehead atoms. The zero-order chi connectivity index (χ0) is 6.85. The first-order valence-electron chi connectivity index (χ1n) is 3.20. The Morgan fingerprint density at radius 1 is 1.78 bits per heavy atom. The summed E-state index contributed by atoms with van der Waals surface area (Å²) in [5.41, 5.74) is 0. The monoisotopic (exact) mass is 128 g/mol. The molecule has 1 aliphatic rings. The first kappa shape index (κ1) is 6.78. The zero-order valence-electron chi connectivity index (χ0n) is 5.58. The van der Waals surface area contributed by atoms with Gasteiger partial charge in [-0.25, -0.2) is 0 Å². The topological polar surface area (TPSA) is 29.5 Å². The molecule has 1 fully saturated rings. The summed E-state index contributed by atoms with van der Waals surface area (Å²) >= 11 is 0. The quantitative estimate of drug-likeness (QED) is 0.527. The largest absolute Gasteiger partial charge is 0.390 e. The van der Waals surface area contributed by atoms with E-state index in [1.165, 1.54) is 0 Å². The van der Waals surface area contributed by atoms with E-state index in [4.69, 9.17) is 9.84 Å². The summed E-state index contributed by atoms with van der Waals surface area (Å²) in [6.07, 6.45) is 2.09. The van der Waals surface area contributed by atoms with E-state index in [1.54, 1.807) is 6.08 Å². The number of aliphatic hydroxyl groups is 1. The van der Waals surface area contributed by atoms with Crippen LogP contribution in [-0.2, 0) is 4.74 Å². The molecular formula is C7H12O2. The Morgan fingerprint density at radius 2 is 2.44 bits per heavy atom. The molecule has 1 saturated heterocycles. The van der Waals surface area contributed by atoms with Crippen LogP contribution in [0.1, 0.15) is 13.3 Å². The summed E-state index contributed by atoms with van der Waals surface area (Å²) in [6, 6.07) is 0. The van der Waals surface area contributed by atoms with Crippen molar-refractivity contribution in [3.05, 3.63) is 12.7 Å². The summed E-state index contributed by atoms with van der Waals surface area (Å²) in [4.78, 5) is 0. The summed E-state index contributed by atoms with van der Waals surface area (Å²) in [5, 5.41) is 9.16. The van der Waals surface area contributed by atoms with Gasteiger partial charge in [0.2, 0.25) is 0 Å². The molecular weight excluding hydrogens is 116 g/mol. The lowest BCUT2D eigenvalue weighted by Gasteiger charge is -2.06. The van der Waals surface area contributed by atoms with Crippen LogP contribution in [0.25, 0.3) is 0 Å². The highest BCUT2D eigenvalue weighted by Crippen LogP contribution is 2.19. The molecule has 1 aliphatic heterocycles. The second kappa shape index (κ2) is 2.50. The fraction of sp³-hybridized carbons (Fsp3) is 0.714. The minimum atomic E-state index is -0.336. The maximum Gasteiger partial charge on any atom is 0.102 e. The number of aliphatic hydroxyl groups excluding tert-OH is 1. The smallest absolute Gasteiger partial charge is 0.102 e. The molecule has 0 radical (unpaired) electrons. The number of ether oxygens (including phenoxy) is 1. The van der Waals surface area contributed by atoms with Gasteiger partial charge in [-0.2, -0.15) is 0 Å². The minimum absolute atomic E-state index is 0.139. The van der Waals surface area contributed by atoms with E-state index in [9.17, 15) is 0 Å². The average Bonchev–Trinajstić information content (AvgIpc) is 2.10. The van der Waals surface area contributed by atoms with Crippen LogP contribution in [0.15, 0.2) is 12.7 Å². The van der Waals surface area contributed by atoms with Gasteiger partial charge in [0, 0.05) is 6.42 Å². The van der Waals surface area contributed by atoms with Crippen LogP contribution >= 0.6 is 0 Å². The standard InChI is InChI=1S/C7H12O2/c1-3-7-6(8)4-5(2)9-7/h3,5-8H,1,4H2,2H3/t5-,6-,7-/m0/s1. The van der Waals surface area contributed by atoms with Crippen LogP contribution in [-0.4, -0.2) is 23.4 Å². The highest BCUT2D eigenvalue weighted by Gasteiger charge is 2.28. The summed E-state index contributed by atoms with van der Waals surface area (Å²) < 4.78 is 5.25. The normalized spacial score (nSPS) is 43.1. The molecule has 1 N–H and O–H groups in total. The zero-order valence-corrected chi connectivity index (χ0v) is 5.58. The predicted octanol–water partition coefficient (Wildman–Crippen LogP) is 0.711. The molecule has 3 atom stereocenters. The first-order valence-corrected chi connectivity index (χ1v) is 3.20. The van der Waals surface area contributed by atoms with Crippen LogP contribution in [0.2, 0.25) is 0 Å². The third-order valence-electron chi connectivity index (χ3n) is 1.57.